The van der Waals surface area contributed by atoms with Crippen LogP contribution >= 0.6 is 23.5 Å². The van der Waals surface area contributed by atoms with E-state index >= 15 is 0 Å². The summed E-state index contributed by atoms with van der Waals surface area (Å²) >= 11 is 3.05. The molecule has 4 atom stereocenters. The molecule has 29 heavy (non-hydrogen) atoms. The number of hydrogen-bond acceptors (Lipinski definition) is 8. The first kappa shape index (κ1) is 32.1. The molecule has 0 heterocycles. The molecule has 0 spiro atoms. The maximum absolute atomic E-state index is 11.1. The highest BCUT2D eigenvalue weighted by atomic mass is 32.2. The van der Waals surface area contributed by atoms with E-state index in [9.17, 15) is 29.4 Å². The lowest BCUT2D eigenvalue weighted by Crippen LogP contribution is -2.67. The van der Waals surface area contributed by atoms with Crippen molar-refractivity contribution in [2.45, 2.75) is 50.9 Å². The monoisotopic (exact) mass is 458 g/mol. The van der Waals surface area contributed by atoms with E-state index in [0.717, 1.165) is 0 Å². The van der Waals surface area contributed by atoms with Crippen LogP contribution in [-0.2, 0) is 19.2 Å². The number of nitrogens with one attached hydrogen (secondary N) is 2. The molecular formula is C16H34N4O7S2. The molecule has 0 aliphatic carbocycles. The molecule has 11 nitrogen and oxygen atoms in total. The second kappa shape index (κ2) is 18.5. The van der Waals surface area contributed by atoms with Crippen LogP contribution in [0, 0.1) is 0 Å². The molecule has 0 aliphatic rings. The van der Waals surface area contributed by atoms with E-state index in [-0.39, 0.29) is 17.3 Å². The number of aliphatic carboxylic acids is 2. The lowest BCUT2D eigenvalue weighted by Gasteiger charge is -2.19. The van der Waals surface area contributed by atoms with Crippen molar-refractivity contribution in [2.24, 2.45) is 0 Å². The molecule has 0 aromatic heterocycles. The molecular weight excluding hydrogens is 424 g/mol. The first-order chi connectivity index (χ1) is 13.0. The predicted octanol–water partition coefficient (Wildman–Crippen LogP) is -5.62. The van der Waals surface area contributed by atoms with Crippen LogP contribution in [0.2, 0.25) is 0 Å². The van der Waals surface area contributed by atoms with Gasteiger partial charge in [0, 0.05) is 0 Å². The number of quaternary nitrogens is 2. The summed E-state index contributed by atoms with van der Waals surface area (Å²) in [5, 5.41) is 26.0. The minimum Gasteiger partial charge on any atom is -0.548 e. The number of carboxylic acids is 2. The molecule has 0 aliphatic heterocycles. The Morgan fingerprint density at radius 1 is 0.793 bits per heavy atom. The average Bonchev–Trinajstić information content (AvgIpc) is 2.61. The van der Waals surface area contributed by atoms with Crippen molar-refractivity contribution in [3.05, 3.63) is 0 Å². The largest absolute Gasteiger partial charge is 0.548 e. The molecule has 10 N–H and O–H groups in total. The van der Waals surface area contributed by atoms with E-state index < -0.39 is 36.1 Å². The standard InChI is InChI=1S/2C8H16N2O3S.H2O/c2*1-5(9)7(11)10-6(8(12)13)3-4-14-2;/h2*5-6H,3-4,9H2,1-2H3,(H,10,11)(H,12,13);1H2/t2*5-,6-;/m00./s1. The maximum atomic E-state index is 11.1. The second-order valence-corrected chi connectivity index (χ2v) is 8.10. The minimum absolute atomic E-state index is 0. The lowest BCUT2D eigenvalue weighted by molar-refractivity contribution is -0.398. The van der Waals surface area contributed by atoms with Gasteiger partial charge in [0.2, 0.25) is 0 Å². The van der Waals surface area contributed by atoms with Gasteiger partial charge in [-0.25, -0.2) is 0 Å². The van der Waals surface area contributed by atoms with Crippen molar-refractivity contribution in [1.82, 2.24) is 10.6 Å². The highest BCUT2D eigenvalue weighted by Gasteiger charge is 2.18. The van der Waals surface area contributed by atoms with E-state index in [1.165, 1.54) is 23.5 Å². The van der Waals surface area contributed by atoms with Gasteiger partial charge in [-0.3, -0.25) is 9.59 Å². The summed E-state index contributed by atoms with van der Waals surface area (Å²) < 4.78 is 0. The Morgan fingerprint density at radius 2 is 1.07 bits per heavy atom. The summed E-state index contributed by atoms with van der Waals surface area (Å²) in [5.41, 5.74) is 7.00. The molecule has 2 amide bonds. The highest BCUT2D eigenvalue weighted by Crippen LogP contribution is 2.01. The fourth-order valence-corrected chi connectivity index (χ4v) is 2.54. The molecule has 0 unspecified atom stereocenters. The Balaban J connectivity index is -0.000000451. The molecule has 0 rings (SSSR count). The zero-order chi connectivity index (χ0) is 22.3. The Labute approximate surface area is 179 Å². The fourth-order valence-electron chi connectivity index (χ4n) is 1.60. The number of carbonyl (C=O) groups excluding carboxylic acids is 4. The average molecular weight is 459 g/mol. The molecule has 0 fully saturated rings. The molecule has 0 radical (unpaired) electrons. The van der Waals surface area contributed by atoms with Crippen LogP contribution in [0.5, 0.6) is 0 Å². The minimum atomic E-state index is -1.24. The van der Waals surface area contributed by atoms with Crippen molar-refractivity contribution in [3.8, 4) is 0 Å². The first-order valence-electron chi connectivity index (χ1n) is 8.64. The topological polar surface area (TPSA) is 225 Å². The Morgan fingerprint density at radius 3 is 1.24 bits per heavy atom. The number of thioether (sulfide) groups is 2. The predicted molar refractivity (Wildman–Crippen MR) is 108 cm³/mol. The summed E-state index contributed by atoms with van der Waals surface area (Å²) in [4.78, 5) is 43.5. The lowest BCUT2D eigenvalue weighted by atomic mass is 10.2. The third kappa shape index (κ3) is 17.1. The van der Waals surface area contributed by atoms with Gasteiger partial charge >= 0.3 is 0 Å². The summed E-state index contributed by atoms with van der Waals surface area (Å²) in [6.45, 7) is 3.21. The van der Waals surface area contributed by atoms with E-state index in [1.54, 1.807) is 13.8 Å². The normalized spacial score (nSPS) is 14.0. The third-order valence-electron chi connectivity index (χ3n) is 3.32. The van der Waals surface area contributed by atoms with Gasteiger partial charge in [-0.2, -0.15) is 23.5 Å². The van der Waals surface area contributed by atoms with Crippen LogP contribution in [-0.4, -0.2) is 77.4 Å². The van der Waals surface area contributed by atoms with Crippen LogP contribution in [0.4, 0.5) is 0 Å². The second-order valence-electron chi connectivity index (χ2n) is 6.13. The summed E-state index contributed by atoms with van der Waals surface area (Å²) in [6, 6.07) is -2.71. The van der Waals surface area contributed by atoms with Crippen molar-refractivity contribution < 1.29 is 46.3 Å². The van der Waals surface area contributed by atoms with Gasteiger partial charge < -0.3 is 47.4 Å². The summed E-state index contributed by atoms with van der Waals surface area (Å²) in [6.07, 6.45) is 4.50. The number of hydrogen-bond donors (Lipinski definition) is 4. The van der Waals surface area contributed by atoms with Crippen LogP contribution in [0.15, 0.2) is 0 Å². The molecule has 0 bridgehead atoms. The summed E-state index contributed by atoms with van der Waals surface area (Å²) in [5.74, 6) is -1.86. The molecule has 172 valence electrons. The zero-order valence-electron chi connectivity index (χ0n) is 17.3. The van der Waals surface area contributed by atoms with E-state index in [4.69, 9.17) is 0 Å². The van der Waals surface area contributed by atoms with Gasteiger partial charge in [0.05, 0.1) is 24.0 Å². The van der Waals surface area contributed by atoms with Gasteiger partial charge in [0.1, 0.15) is 0 Å². The number of carboxylic acid groups (broad SMARTS) is 2. The quantitative estimate of drug-likeness (QED) is 0.220. The molecule has 13 heteroatoms. The van der Waals surface area contributed by atoms with Crippen LogP contribution < -0.4 is 32.3 Å². The van der Waals surface area contributed by atoms with Crippen LogP contribution in [0.1, 0.15) is 26.7 Å². The van der Waals surface area contributed by atoms with E-state index in [1.807, 2.05) is 12.5 Å². The number of rotatable bonds is 12. The Hall–Kier alpha value is -1.54. The first-order valence-corrected chi connectivity index (χ1v) is 11.4. The smallest absolute Gasteiger partial charge is 0.278 e. The summed E-state index contributed by atoms with van der Waals surface area (Å²) in [7, 11) is 0. The Bertz CT molecular complexity index is 464. The highest BCUT2D eigenvalue weighted by molar-refractivity contribution is 7.98. The van der Waals surface area contributed by atoms with E-state index in [2.05, 4.69) is 22.1 Å². The molecule has 0 aromatic carbocycles. The number of amides is 2. The van der Waals surface area contributed by atoms with Crippen molar-refractivity contribution >= 4 is 47.3 Å². The maximum Gasteiger partial charge on any atom is 0.278 e. The SMILES string of the molecule is CSCC[C@H](NC(=O)[C@H](C)[NH3+])C(=O)[O-].CSCC[C@H](NC(=O)[C@H](C)[NH3+])C(=O)[O-].O. The van der Waals surface area contributed by atoms with Gasteiger partial charge in [-0.15, -0.1) is 0 Å². The fraction of sp³-hybridized carbons (Fsp3) is 0.750. The Kier molecular flexibility index (Phi) is 20.5. The molecule has 0 saturated heterocycles. The zero-order valence-corrected chi connectivity index (χ0v) is 19.0. The van der Waals surface area contributed by atoms with Crippen molar-refractivity contribution in [3.63, 3.8) is 0 Å². The van der Waals surface area contributed by atoms with Gasteiger partial charge in [-0.1, -0.05) is 0 Å². The van der Waals surface area contributed by atoms with Crippen LogP contribution in [0.3, 0.4) is 0 Å². The third-order valence-corrected chi connectivity index (χ3v) is 4.61. The van der Waals surface area contributed by atoms with Crippen molar-refractivity contribution in [2.75, 3.05) is 24.0 Å². The molecule has 0 aromatic rings. The molecule has 0 saturated carbocycles. The number of carbonyl (C=O) groups is 4. The van der Waals surface area contributed by atoms with Gasteiger partial charge in [0.25, 0.3) is 11.8 Å². The van der Waals surface area contributed by atoms with Crippen LogP contribution in [0.25, 0.3) is 0 Å². The van der Waals surface area contributed by atoms with E-state index in [0.29, 0.717) is 24.3 Å². The van der Waals surface area contributed by atoms with Gasteiger partial charge in [0.15, 0.2) is 12.1 Å². The van der Waals surface area contributed by atoms with Crippen molar-refractivity contribution in [1.29, 1.82) is 0 Å². The van der Waals surface area contributed by atoms with Gasteiger partial charge in [-0.05, 0) is 50.7 Å².